The maximum absolute atomic E-state index is 13.1. The van der Waals surface area contributed by atoms with Gasteiger partial charge in [0.05, 0.1) is 19.2 Å². The van der Waals surface area contributed by atoms with Crippen molar-refractivity contribution in [3.05, 3.63) is 28.2 Å². The van der Waals surface area contributed by atoms with E-state index < -0.39 is 18.4 Å². The van der Waals surface area contributed by atoms with Crippen molar-refractivity contribution in [3.63, 3.8) is 0 Å². The summed E-state index contributed by atoms with van der Waals surface area (Å²) in [6.07, 6.45) is -0.286. The van der Waals surface area contributed by atoms with E-state index in [1.165, 1.54) is 7.11 Å². The largest absolute Gasteiger partial charge is 0.496 e. The Morgan fingerprint density at radius 2 is 2.22 bits per heavy atom. The van der Waals surface area contributed by atoms with Gasteiger partial charge in [0.2, 0.25) is 0 Å². The van der Waals surface area contributed by atoms with Gasteiger partial charge in [-0.05, 0) is 28.1 Å². The molecule has 18 heavy (non-hydrogen) atoms. The molecule has 0 N–H and O–H groups in total. The normalized spacial score (nSPS) is 17.9. The molecule has 1 amide bonds. The summed E-state index contributed by atoms with van der Waals surface area (Å²) in [6.45, 7) is -0.466. The van der Waals surface area contributed by atoms with E-state index in [-0.39, 0.29) is 18.5 Å². The molecule has 0 bridgehead atoms. The molecule has 2 rings (SSSR count). The Balaban J connectivity index is 2.30. The maximum Gasteiger partial charge on any atom is 0.267 e. The Morgan fingerprint density at radius 1 is 1.50 bits per heavy atom. The van der Waals surface area contributed by atoms with Gasteiger partial charge in [-0.15, -0.1) is 0 Å². The van der Waals surface area contributed by atoms with Gasteiger partial charge in [0, 0.05) is 17.4 Å². The summed E-state index contributed by atoms with van der Waals surface area (Å²) in [6, 6.07) is 5.04. The summed E-state index contributed by atoms with van der Waals surface area (Å²) in [4.78, 5) is 13.4. The zero-order valence-corrected chi connectivity index (χ0v) is 11.3. The Kier molecular flexibility index (Phi) is 3.56. The first-order valence-electron chi connectivity index (χ1n) is 5.44. The molecule has 0 aliphatic carbocycles. The van der Waals surface area contributed by atoms with Crippen LogP contribution in [0.3, 0.4) is 0 Å². The average Bonchev–Trinajstić information content (AvgIpc) is 2.68. The summed E-state index contributed by atoms with van der Waals surface area (Å²) >= 11 is 3.25. The number of ether oxygens (including phenoxy) is 1. The molecule has 1 saturated heterocycles. The number of rotatable bonds is 2. The fraction of sp³-hybridized carbons (Fsp3) is 0.417. The van der Waals surface area contributed by atoms with E-state index in [0.29, 0.717) is 10.2 Å². The predicted octanol–water partition coefficient (Wildman–Crippen LogP) is 2.94. The average molecular weight is 320 g/mol. The van der Waals surface area contributed by atoms with Crippen LogP contribution >= 0.6 is 15.9 Å². The predicted molar refractivity (Wildman–Crippen MR) is 66.2 cm³/mol. The van der Waals surface area contributed by atoms with Crippen LogP contribution in [0.5, 0.6) is 5.75 Å². The number of hydrogen-bond acceptors (Lipinski definition) is 2. The second-order valence-electron chi connectivity index (χ2n) is 4.15. The van der Waals surface area contributed by atoms with Gasteiger partial charge >= 0.3 is 0 Å². The smallest absolute Gasteiger partial charge is 0.267 e. The van der Waals surface area contributed by atoms with Crippen molar-refractivity contribution < 1.29 is 18.3 Å². The molecule has 1 aromatic rings. The highest BCUT2D eigenvalue weighted by molar-refractivity contribution is 9.10. The van der Waals surface area contributed by atoms with E-state index in [1.54, 1.807) is 18.2 Å². The van der Waals surface area contributed by atoms with Crippen LogP contribution in [0.2, 0.25) is 0 Å². The van der Waals surface area contributed by atoms with E-state index >= 15 is 0 Å². The standard InChI is InChI=1S/C12H12BrF2NO2/c1-18-9-4-2-3-8(13)10(9)11(17)16-6-5-12(14,15)7-16/h2-4H,5-7H2,1H3. The molecule has 1 aliphatic heterocycles. The fourth-order valence-corrected chi connectivity index (χ4v) is 2.47. The molecule has 3 nitrogen and oxygen atoms in total. The molecule has 0 unspecified atom stereocenters. The first-order valence-corrected chi connectivity index (χ1v) is 6.23. The summed E-state index contributed by atoms with van der Waals surface area (Å²) in [5.41, 5.74) is 0.290. The van der Waals surface area contributed by atoms with Crippen molar-refractivity contribution in [2.24, 2.45) is 0 Å². The summed E-state index contributed by atoms with van der Waals surface area (Å²) in [5, 5.41) is 0. The van der Waals surface area contributed by atoms with Crippen LogP contribution in [-0.2, 0) is 0 Å². The first kappa shape index (κ1) is 13.3. The second kappa shape index (κ2) is 4.84. The number of alkyl halides is 2. The van der Waals surface area contributed by atoms with Gasteiger partial charge in [0.15, 0.2) is 0 Å². The van der Waals surface area contributed by atoms with Crippen molar-refractivity contribution in [2.75, 3.05) is 20.2 Å². The molecule has 1 aromatic carbocycles. The van der Waals surface area contributed by atoms with Gasteiger partial charge in [0.1, 0.15) is 5.75 Å². The van der Waals surface area contributed by atoms with Crippen LogP contribution in [0.15, 0.2) is 22.7 Å². The number of carbonyl (C=O) groups is 1. The minimum atomic E-state index is -2.79. The number of hydrogen-bond donors (Lipinski definition) is 0. The SMILES string of the molecule is COc1cccc(Br)c1C(=O)N1CCC(F)(F)C1. The van der Waals surface area contributed by atoms with Gasteiger partial charge in [-0.3, -0.25) is 4.79 Å². The van der Waals surface area contributed by atoms with Crippen molar-refractivity contribution in [3.8, 4) is 5.75 Å². The van der Waals surface area contributed by atoms with Crippen molar-refractivity contribution in [2.45, 2.75) is 12.3 Å². The maximum atomic E-state index is 13.1. The number of halogens is 3. The number of likely N-dealkylation sites (tertiary alicyclic amines) is 1. The third kappa shape index (κ3) is 2.48. The van der Waals surface area contributed by atoms with Gasteiger partial charge in [-0.1, -0.05) is 6.07 Å². The molecule has 0 atom stereocenters. The third-order valence-electron chi connectivity index (χ3n) is 2.87. The highest BCUT2D eigenvalue weighted by Gasteiger charge is 2.41. The van der Waals surface area contributed by atoms with Crippen LogP contribution in [0, 0.1) is 0 Å². The number of methoxy groups -OCH3 is 1. The second-order valence-corrected chi connectivity index (χ2v) is 5.00. The Morgan fingerprint density at radius 3 is 2.78 bits per heavy atom. The van der Waals surface area contributed by atoms with Crippen molar-refractivity contribution in [1.82, 2.24) is 4.90 Å². The molecular formula is C12H12BrF2NO2. The molecule has 98 valence electrons. The highest BCUT2D eigenvalue weighted by Crippen LogP contribution is 2.32. The van der Waals surface area contributed by atoms with Crippen LogP contribution in [0.25, 0.3) is 0 Å². The van der Waals surface area contributed by atoms with Gasteiger partial charge < -0.3 is 9.64 Å². The van der Waals surface area contributed by atoms with Crippen molar-refractivity contribution in [1.29, 1.82) is 0 Å². The minimum Gasteiger partial charge on any atom is -0.496 e. The van der Waals surface area contributed by atoms with E-state index in [0.717, 1.165) is 4.90 Å². The van der Waals surface area contributed by atoms with Crippen LogP contribution in [-0.4, -0.2) is 36.9 Å². The zero-order valence-electron chi connectivity index (χ0n) is 9.75. The lowest BCUT2D eigenvalue weighted by atomic mass is 10.2. The Labute approximate surface area is 112 Å². The monoisotopic (exact) mass is 319 g/mol. The lowest BCUT2D eigenvalue weighted by Gasteiger charge is -2.18. The number of nitrogens with zero attached hydrogens (tertiary/aromatic N) is 1. The van der Waals surface area contributed by atoms with Gasteiger partial charge in [0.25, 0.3) is 11.8 Å². The number of amides is 1. The summed E-state index contributed by atoms with van der Waals surface area (Å²) in [7, 11) is 1.44. The van der Waals surface area contributed by atoms with Gasteiger partial charge in [-0.2, -0.15) is 0 Å². The molecule has 6 heteroatoms. The zero-order chi connectivity index (χ0) is 13.3. The quantitative estimate of drug-likeness (QED) is 0.838. The number of carbonyl (C=O) groups excluding carboxylic acids is 1. The molecular weight excluding hydrogens is 308 g/mol. The molecule has 0 spiro atoms. The molecule has 0 aromatic heterocycles. The van der Waals surface area contributed by atoms with Crippen LogP contribution in [0.1, 0.15) is 16.8 Å². The van der Waals surface area contributed by atoms with Crippen LogP contribution in [0.4, 0.5) is 8.78 Å². The summed E-state index contributed by atoms with van der Waals surface area (Å²) < 4.78 is 31.9. The highest BCUT2D eigenvalue weighted by atomic mass is 79.9. The van der Waals surface area contributed by atoms with E-state index in [2.05, 4.69) is 15.9 Å². The van der Waals surface area contributed by atoms with Crippen molar-refractivity contribution >= 4 is 21.8 Å². The van der Waals surface area contributed by atoms with E-state index in [4.69, 9.17) is 4.74 Å². The topological polar surface area (TPSA) is 29.5 Å². The first-order chi connectivity index (χ1) is 8.44. The molecule has 1 aliphatic rings. The Bertz CT molecular complexity index is 479. The lowest BCUT2D eigenvalue weighted by Crippen LogP contribution is -2.31. The lowest BCUT2D eigenvalue weighted by molar-refractivity contribution is 0.0119. The number of benzene rings is 1. The van der Waals surface area contributed by atoms with Crippen LogP contribution < -0.4 is 4.74 Å². The molecule has 1 heterocycles. The third-order valence-corrected chi connectivity index (χ3v) is 3.53. The molecule has 1 fully saturated rings. The minimum absolute atomic E-state index is 0.0658. The van der Waals surface area contributed by atoms with Gasteiger partial charge in [-0.25, -0.2) is 8.78 Å². The molecule has 0 radical (unpaired) electrons. The van der Waals surface area contributed by atoms with E-state index in [1.807, 2.05) is 0 Å². The summed E-state index contributed by atoms with van der Waals surface area (Å²) in [5.74, 6) is -2.84. The molecule has 0 saturated carbocycles. The van der Waals surface area contributed by atoms with E-state index in [9.17, 15) is 13.6 Å². The fourth-order valence-electron chi connectivity index (χ4n) is 1.95. The Hall–Kier alpha value is -1.17.